The Bertz CT molecular complexity index is 710. The lowest BCUT2D eigenvalue weighted by atomic mass is 10.2. The van der Waals surface area contributed by atoms with Crippen LogP contribution in [-0.4, -0.2) is 77.8 Å². The lowest BCUT2D eigenvalue weighted by molar-refractivity contribution is 0.00949. The van der Waals surface area contributed by atoms with Gasteiger partial charge in [-0.15, -0.1) is 0 Å². The molecule has 9 heteroatoms. The van der Waals surface area contributed by atoms with Gasteiger partial charge in [-0.2, -0.15) is 0 Å². The maximum absolute atomic E-state index is 12.1. The largest absolute Gasteiger partial charge is 0.467 e. The van der Waals surface area contributed by atoms with Crippen LogP contribution < -0.4 is 5.32 Å². The zero-order chi connectivity index (χ0) is 19.8. The number of furan rings is 1. The minimum atomic E-state index is -0.458. The maximum atomic E-state index is 12.1. The number of aromatic nitrogens is 1. The number of oxazole rings is 1. The Morgan fingerprint density at radius 3 is 2.82 bits per heavy atom. The molecule has 0 aromatic carbocycles. The van der Waals surface area contributed by atoms with Crippen LogP contribution in [0, 0.1) is 0 Å². The van der Waals surface area contributed by atoms with Crippen molar-refractivity contribution in [2.24, 2.45) is 0 Å². The quantitative estimate of drug-likeness (QED) is 0.609. The summed E-state index contributed by atoms with van der Waals surface area (Å²) in [7, 11) is 0. The Hall–Kier alpha value is -2.20. The van der Waals surface area contributed by atoms with Crippen LogP contribution in [0.1, 0.15) is 29.1 Å². The number of aliphatic hydroxyl groups is 1. The molecule has 2 aromatic heterocycles. The summed E-state index contributed by atoms with van der Waals surface area (Å²) in [4.78, 5) is 20.9. The van der Waals surface area contributed by atoms with E-state index in [0.717, 1.165) is 26.2 Å². The summed E-state index contributed by atoms with van der Waals surface area (Å²) in [5, 5.41) is 12.7. The van der Waals surface area contributed by atoms with Crippen molar-refractivity contribution in [1.82, 2.24) is 20.1 Å². The Morgan fingerprint density at radius 1 is 1.32 bits per heavy atom. The van der Waals surface area contributed by atoms with Crippen LogP contribution in [0.2, 0.25) is 0 Å². The fourth-order valence-corrected chi connectivity index (χ4v) is 3.08. The number of hydrogen-bond donors (Lipinski definition) is 2. The molecule has 28 heavy (non-hydrogen) atoms. The minimum absolute atomic E-state index is 0.263. The van der Waals surface area contributed by atoms with Gasteiger partial charge in [-0.25, -0.2) is 4.98 Å². The van der Waals surface area contributed by atoms with Gasteiger partial charge in [0.2, 0.25) is 5.89 Å². The first kappa shape index (κ1) is 20.5. The van der Waals surface area contributed by atoms with Gasteiger partial charge in [0.05, 0.1) is 32.1 Å². The highest BCUT2D eigenvalue weighted by Crippen LogP contribution is 2.10. The second-order valence-corrected chi connectivity index (χ2v) is 6.78. The minimum Gasteiger partial charge on any atom is -0.467 e. The second-order valence-electron chi connectivity index (χ2n) is 6.78. The number of aliphatic hydroxyl groups excluding tert-OH is 1. The third-order valence-electron chi connectivity index (χ3n) is 4.59. The van der Waals surface area contributed by atoms with E-state index in [1.807, 2.05) is 6.92 Å². The fraction of sp³-hybridized carbons (Fsp3) is 0.579. The number of amides is 1. The van der Waals surface area contributed by atoms with Gasteiger partial charge >= 0.3 is 0 Å². The first-order valence-corrected chi connectivity index (χ1v) is 9.59. The van der Waals surface area contributed by atoms with Gasteiger partial charge in [-0.3, -0.25) is 14.6 Å². The third-order valence-corrected chi connectivity index (χ3v) is 4.59. The summed E-state index contributed by atoms with van der Waals surface area (Å²) in [5.41, 5.74) is 0.263. The van der Waals surface area contributed by atoms with Crippen LogP contribution in [0.25, 0.3) is 0 Å². The molecule has 1 amide bonds. The van der Waals surface area contributed by atoms with Crippen molar-refractivity contribution in [1.29, 1.82) is 0 Å². The van der Waals surface area contributed by atoms with Gasteiger partial charge in [-0.05, 0) is 19.1 Å². The number of ether oxygens (including phenoxy) is 1. The molecule has 2 aromatic rings. The topological polar surface area (TPSA) is 104 Å². The van der Waals surface area contributed by atoms with E-state index in [1.165, 1.54) is 6.26 Å². The van der Waals surface area contributed by atoms with Gasteiger partial charge in [-0.1, -0.05) is 0 Å². The number of rotatable bonds is 10. The molecule has 3 heterocycles. The van der Waals surface area contributed by atoms with Crippen LogP contribution in [0.15, 0.2) is 33.5 Å². The van der Waals surface area contributed by atoms with E-state index in [-0.39, 0.29) is 11.6 Å². The number of carbonyl (C=O) groups excluding carboxylic acids is 1. The molecule has 154 valence electrons. The number of nitrogens with zero attached hydrogens (tertiary/aromatic N) is 3. The normalized spacial score (nSPS) is 16.9. The van der Waals surface area contributed by atoms with Crippen molar-refractivity contribution in [3.63, 3.8) is 0 Å². The van der Waals surface area contributed by atoms with Gasteiger partial charge in [0, 0.05) is 39.3 Å². The Labute approximate surface area is 164 Å². The monoisotopic (exact) mass is 392 g/mol. The molecule has 1 saturated heterocycles. The number of piperazine rings is 1. The predicted octanol–water partition coefficient (Wildman–Crippen LogP) is 0.713. The molecule has 1 aliphatic heterocycles. The highest BCUT2D eigenvalue weighted by Gasteiger charge is 2.21. The molecule has 0 radical (unpaired) electrons. The van der Waals surface area contributed by atoms with E-state index in [0.29, 0.717) is 44.5 Å². The number of carbonyl (C=O) groups is 1. The average molecular weight is 392 g/mol. The number of hydrogen-bond acceptors (Lipinski definition) is 8. The Balaban J connectivity index is 1.39. The zero-order valence-corrected chi connectivity index (χ0v) is 16.2. The summed E-state index contributed by atoms with van der Waals surface area (Å²) < 4.78 is 15.9. The fourth-order valence-electron chi connectivity index (χ4n) is 3.08. The summed E-state index contributed by atoms with van der Waals surface area (Å²) >= 11 is 0. The van der Waals surface area contributed by atoms with Gasteiger partial charge in [0.1, 0.15) is 12.0 Å². The maximum Gasteiger partial charge on any atom is 0.273 e. The molecule has 0 spiro atoms. The molecule has 1 aliphatic rings. The first-order valence-electron chi connectivity index (χ1n) is 9.59. The molecule has 1 atom stereocenters. The van der Waals surface area contributed by atoms with E-state index in [1.54, 1.807) is 18.4 Å². The first-order chi connectivity index (χ1) is 13.6. The highest BCUT2D eigenvalue weighted by atomic mass is 16.5. The Morgan fingerprint density at radius 2 is 2.11 bits per heavy atom. The molecule has 0 unspecified atom stereocenters. The van der Waals surface area contributed by atoms with Gasteiger partial charge in [0.25, 0.3) is 5.91 Å². The van der Waals surface area contributed by atoms with Crippen molar-refractivity contribution in [2.45, 2.75) is 26.1 Å². The van der Waals surface area contributed by atoms with Crippen molar-refractivity contribution in [3.05, 3.63) is 42.0 Å². The summed E-state index contributed by atoms with van der Waals surface area (Å²) in [5.74, 6) is 0.911. The zero-order valence-electron chi connectivity index (χ0n) is 16.2. The summed E-state index contributed by atoms with van der Waals surface area (Å²) in [6.45, 7) is 7.82. The highest BCUT2D eigenvalue weighted by molar-refractivity contribution is 5.91. The molecular weight excluding hydrogens is 364 g/mol. The van der Waals surface area contributed by atoms with E-state index in [2.05, 4.69) is 20.1 Å². The van der Waals surface area contributed by atoms with E-state index >= 15 is 0 Å². The molecule has 3 rings (SSSR count). The summed E-state index contributed by atoms with van der Waals surface area (Å²) in [6.07, 6.45) is 2.49. The smallest absolute Gasteiger partial charge is 0.273 e. The van der Waals surface area contributed by atoms with Crippen LogP contribution in [-0.2, 0) is 17.8 Å². The standard InChI is InChI=1S/C19H28N4O5/c1-2-26-13-15(24)11-22-5-7-23(8-6-22)12-18-21-17(14-28-18)19(25)20-10-16-4-3-9-27-16/h3-4,9,14-15,24H,2,5-8,10-13H2,1H3,(H,20,25)/t15-/m1/s1. The molecule has 0 saturated carbocycles. The lowest BCUT2D eigenvalue weighted by Crippen LogP contribution is -2.48. The Kier molecular flexibility index (Phi) is 7.61. The van der Waals surface area contributed by atoms with Crippen molar-refractivity contribution in [3.8, 4) is 0 Å². The molecule has 2 N–H and O–H groups in total. The van der Waals surface area contributed by atoms with E-state index < -0.39 is 6.10 Å². The predicted molar refractivity (Wildman–Crippen MR) is 101 cm³/mol. The van der Waals surface area contributed by atoms with Crippen molar-refractivity contribution in [2.75, 3.05) is 45.9 Å². The second kappa shape index (κ2) is 10.4. The lowest BCUT2D eigenvalue weighted by Gasteiger charge is -2.34. The van der Waals surface area contributed by atoms with Gasteiger partial charge in [0.15, 0.2) is 5.69 Å². The van der Waals surface area contributed by atoms with Crippen LogP contribution in [0.4, 0.5) is 0 Å². The van der Waals surface area contributed by atoms with Crippen LogP contribution in [0.3, 0.4) is 0 Å². The molecule has 0 bridgehead atoms. The van der Waals surface area contributed by atoms with Crippen molar-refractivity contribution < 1.29 is 23.5 Å². The molecule has 0 aliphatic carbocycles. The SMILES string of the molecule is CCOC[C@H](O)CN1CCN(Cc2nc(C(=O)NCc3ccco3)co2)CC1. The van der Waals surface area contributed by atoms with Crippen LogP contribution >= 0.6 is 0 Å². The molecular formula is C19H28N4O5. The van der Waals surface area contributed by atoms with Crippen molar-refractivity contribution >= 4 is 5.91 Å². The summed E-state index contributed by atoms with van der Waals surface area (Å²) in [6, 6.07) is 3.57. The molecule has 1 fully saturated rings. The molecule has 9 nitrogen and oxygen atoms in total. The van der Waals surface area contributed by atoms with Crippen LogP contribution in [0.5, 0.6) is 0 Å². The average Bonchev–Trinajstić information content (AvgIpc) is 3.38. The number of nitrogens with one attached hydrogen (secondary N) is 1. The number of β-amino-alcohol motifs (C(OH)–C–C–N with tert-alkyl or cyclic N) is 1. The van der Waals surface area contributed by atoms with E-state index in [4.69, 9.17) is 13.6 Å². The third kappa shape index (κ3) is 6.16. The van der Waals surface area contributed by atoms with Gasteiger partial charge < -0.3 is 24.0 Å². The van der Waals surface area contributed by atoms with E-state index in [9.17, 15) is 9.90 Å².